The Morgan fingerprint density at radius 1 is 0.969 bits per heavy atom. The lowest BCUT2D eigenvalue weighted by atomic mass is 10.2. The van der Waals surface area contributed by atoms with E-state index in [9.17, 15) is 22.0 Å². The number of benzene rings is 2. The number of hydrogen-bond donors (Lipinski definition) is 0. The van der Waals surface area contributed by atoms with Crippen LogP contribution in [0.3, 0.4) is 0 Å². The van der Waals surface area contributed by atoms with Crippen LogP contribution in [0.4, 0.5) is 8.78 Å². The van der Waals surface area contributed by atoms with Gasteiger partial charge < -0.3 is 14.1 Å². The Bertz CT molecular complexity index is 1210. The maximum Gasteiger partial charge on any atom is 0.290 e. The van der Waals surface area contributed by atoms with Gasteiger partial charge in [0.05, 0.1) is 11.2 Å². The number of carbonyl (C=O) groups excluding carboxylic acids is 1. The number of hydrogen-bond acceptors (Lipinski definition) is 5. The molecule has 1 aromatic heterocycles. The molecule has 32 heavy (non-hydrogen) atoms. The number of rotatable bonds is 6. The number of halogens is 2. The highest BCUT2D eigenvalue weighted by molar-refractivity contribution is 7.89. The average molecular weight is 462 g/mol. The molecule has 2 heterocycles. The lowest BCUT2D eigenvalue weighted by Crippen LogP contribution is -2.50. The molecule has 1 fully saturated rings. The Morgan fingerprint density at radius 3 is 2.38 bits per heavy atom. The zero-order valence-corrected chi connectivity index (χ0v) is 17.7. The van der Waals surface area contributed by atoms with E-state index in [0.29, 0.717) is 17.4 Å². The topological polar surface area (TPSA) is 80.1 Å². The lowest BCUT2D eigenvalue weighted by Gasteiger charge is -2.33. The maximum absolute atomic E-state index is 13.5. The summed E-state index contributed by atoms with van der Waals surface area (Å²) in [6.07, 6.45) is 1.40. The van der Waals surface area contributed by atoms with Gasteiger partial charge in [0.2, 0.25) is 10.0 Å². The molecule has 0 unspecified atom stereocenters. The number of carbonyl (C=O) groups is 1. The van der Waals surface area contributed by atoms with E-state index in [4.69, 9.17) is 9.15 Å². The Labute approximate surface area is 183 Å². The second-order valence-corrected chi connectivity index (χ2v) is 9.09. The molecule has 0 bridgehead atoms. The minimum atomic E-state index is -4.01. The molecular weight excluding hydrogens is 442 g/mol. The van der Waals surface area contributed by atoms with Gasteiger partial charge in [0.1, 0.15) is 12.4 Å². The van der Waals surface area contributed by atoms with E-state index in [1.165, 1.54) is 11.2 Å². The van der Waals surface area contributed by atoms with Crippen LogP contribution in [0.15, 0.2) is 70.2 Å². The number of sulfonamides is 1. The summed E-state index contributed by atoms with van der Waals surface area (Å²) in [5, 5.41) is 0. The van der Waals surface area contributed by atoms with Crippen molar-refractivity contribution in [3.05, 3.63) is 83.8 Å². The van der Waals surface area contributed by atoms with Crippen LogP contribution in [-0.4, -0.2) is 49.7 Å². The van der Waals surface area contributed by atoms with Gasteiger partial charge in [0.25, 0.3) is 5.91 Å². The zero-order chi connectivity index (χ0) is 22.7. The summed E-state index contributed by atoms with van der Waals surface area (Å²) in [6, 6.07) is 13.2. The molecule has 10 heteroatoms. The first-order chi connectivity index (χ1) is 15.4. The molecule has 1 aliphatic rings. The van der Waals surface area contributed by atoms with Gasteiger partial charge in [-0.3, -0.25) is 4.79 Å². The van der Waals surface area contributed by atoms with E-state index < -0.39 is 21.7 Å². The van der Waals surface area contributed by atoms with E-state index in [2.05, 4.69) is 0 Å². The molecule has 168 valence electrons. The fourth-order valence-electron chi connectivity index (χ4n) is 3.38. The van der Waals surface area contributed by atoms with Gasteiger partial charge in [0, 0.05) is 31.7 Å². The maximum atomic E-state index is 13.5. The molecule has 0 spiro atoms. The van der Waals surface area contributed by atoms with E-state index in [-0.39, 0.29) is 49.3 Å². The number of amides is 1. The molecule has 1 saturated heterocycles. The molecule has 0 aliphatic carbocycles. The number of piperazine rings is 1. The number of furan rings is 1. The highest BCUT2D eigenvalue weighted by Gasteiger charge is 2.32. The predicted octanol–water partition coefficient (Wildman–Crippen LogP) is 3.28. The van der Waals surface area contributed by atoms with Gasteiger partial charge in [-0.1, -0.05) is 18.2 Å². The first kappa shape index (κ1) is 22.0. The highest BCUT2D eigenvalue weighted by Crippen LogP contribution is 2.22. The van der Waals surface area contributed by atoms with Gasteiger partial charge in [0.15, 0.2) is 17.4 Å². The summed E-state index contributed by atoms with van der Waals surface area (Å²) in [7, 11) is -4.01. The van der Waals surface area contributed by atoms with Crippen molar-refractivity contribution < 1.29 is 31.1 Å². The van der Waals surface area contributed by atoms with E-state index in [0.717, 1.165) is 16.4 Å². The van der Waals surface area contributed by atoms with E-state index in [1.807, 2.05) is 18.2 Å². The van der Waals surface area contributed by atoms with Gasteiger partial charge in [-0.15, -0.1) is 0 Å². The zero-order valence-electron chi connectivity index (χ0n) is 16.9. The van der Waals surface area contributed by atoms with Crippen molar-refractivity contribution in [2.24, 2.45) is 0 Å². The third-order valence-electron chi connectivity index (χ3n) is 5.13. The van der Waals surface area contributed by atoms with Crippen LogP contribution in [0.5, 0.6) is 5.75 Å². The minimum Gasteiger partial charge on any atom is -0.489 e. The molecule has 0 saturated carbocycles. The van der Waals surface area contributed by atoms with E-state index >= 15 is 0 Å². The smallest absolute Gasteiger partial charge is 0.290 e. The fraction of sp³-hybridized carbons (Fsp3) is 0.227. The van der Waals surface area contributed by atoms with Crippen molar-refractivity contribution in [3.8, 4) is 5.75 Å². The van der Waals surface area contributed by atoms with Crippen LogP contribution in [0.1, 0.15) is 16.1 Å². The second kappa shape index (κ2) is 9.09. The van der Waals surface area contributed by atoms with Gasteiger partial charge in [-0.25, -0.2) is 17.2 Å². The molecule has 7 nitrogen and oxygen atoms in total. The summed E-state index contributed by atoms with van der Waals surface area (Å²) in [5.74, 6) is -1.93. The molecule has 2 aromatic carbocycles. The van der Waals surface area contributed by atoms with Gasteiger partial charge in [-0.05, 0) is 36.4 Å². The standard InChI is InChI=1S/C22H20F2N2O5S/c23-19-7-6-18(14-20(19)24)32(28,29)26-11-9-25(10-12-26)22(27)21-16(8-13-30-21)15-31-17-4-2-1-3-5-17/h1-8,13-14H,9-12,15H2. The Balaban J connectivity index is 1.40. The van der Waals surface area contributed by atoms with E-state index in [1.54, 1.807) is 18.2 Å². The fourth-order valence-corrected chi connectivity index (χ4v) is 4.81. The molecule has 0 radical (unpaired) electrons. The third kappa shape index (κ3) is 4.51. The first-order valence-electron chi connectivity index (χ1n) is 9.85. The Morgan fingerprint density at radius 2 is 1.69 bits per heavy atom. The molecule has 0 atom stereocenters. The summed E-state index contributed by atoms with van der Waals surface area (Å²) < 4.78 is 64.3. The molecule has 0 N–H and O–H groups in total. The van der Waals surface area contributed by atoms with Crippen LogP contribution in [0, 0.1) is 11.6 Å². The van der Waals surface area contributed by atoms with Crippen LogP contribution in [0.25, 0.3) is 0 Å². The third-order valence-corrected chi connectivity index (χ3v) is 7.03. The Hall–Kier alpha value is -3.24. The van der Waals surface area contributed by atoms with Crippen molar-refractivity contribution in [2.45, 2.75) is 11.5 Å². The predicted molar refractivity (Wildman–Crippen MR) is 111 cm³/mol. The molecular formula is C22H20F2N2O5S. The van der Waals surface area contributed by atoms with Gasteiger partial charge >= 0.3 is 0 Å². The van der Waals surface area contributed by atoms with Crippen LogP contribution in [0.2, 0.25) is 0 Å². The normalized spacial score (nSPS) is 15.0. The van der Waals surface area contributed by atoms with Crippen molar-refractivity contribution in [1.82, 2.24) is 9.21 Å². The Kier molecular flexibility index (Phi) is 6.24. The van der Waals surface area contributed by atoms with Crippen molar-refractivity contribution in [2.75, 3.05) is 26.2 Å². The van der Waals surface area contributed by atoms with Crippen molar-refractivity contribution in [1.29, 1.82) is 0 Å². The largest absolute Gasteiger partial charge is 0.489 e. The summed E-state index contributed by atoms with van der Waals surface area (Å²) in [6.45, 7) is 0.433. The molecule has 4 rings (SSSR count). The molecule has 1 aliphatic heterocycles. The van der Waals surface area contributed by atoms with Gasteiger partial charge in [-0.2, -0.15) is 4.31 Å². The van der Waals surface area contributed by atoms with Crippen molar-refractivity contribution >= 4 is 15.9 Å². The van der Waals surface area contributed by atoms with Crippen LogP contribution >= 0.6 is 0 Å². The van der Waals surface area contributed by atoms with Crippen molar-refractivity contribution in [3.63, 3.8) is 0 Å². The quantitative estimate of drug-likeness (QED) is 0.562. The number of nitrogens with zero attached hydrogens (tertiary/aromatic N) is 2. The molecule has 3 aromatic rings. The number of ether oxygens (including phenoxy) is 1. The minimum absolute atomic E-state index is 0.0175. The molecule has 1 amide bonds. The monoisotopic (exact) mass is 462 g/mol. The lowest BCUT2D eigenvalue weighted by molar-refractivity contribution is 0.0662. The number of para-hydroxylation sites is 1. The van der Waals surface area contributed by atoms with Crippen LogP contribution < -0.4 is 4.74 Å². The second-order valence-electron chi connectivity index (χ2n) is 7.15. The highest BCUT2D eigenvalue weighted by atomic mass is 32.2. The average Bonchev–Trinajstić information content (AvgIpc) is 3.28. The SMILES string of the molecule is O=C(c1occc1COc1ccccc1)N1CCN(S(=O)(=O)c2ccc(F)c(F)c2)CC1. The first-order valence-corrected chi connectivity index (χ1v) is 11.3. The summed E-state index contributed by atoms with van der Waals surface area (Å²) in [4.78, 5) is 14.1. The summed E-state index contributed by atoms with van der Waals surface area (Å²) in [5.41, 5.74) is 0.579. The summed E-state index contributed by atoms with van der Waals surface area (Å²) >= 11 is 0. The van der Waals surface area contributed by atoms with Crippen LogP contribution in [-0.2, 0) is 16.6 Å².